The Morgan fingerprint density at radius 1 is 1.03 bits per heavy atom. The van der Waals surface area contributed by atoms with Crippen LogP contribution in [0.15, 0.2) is 60.7 Å². The molecule has 2 heterocycles. The summed E-state index contributed by atoms with van der Waals surface area (Å²) in [4.78, 5) is 52.5. The number of nitro groups is 1. The fourth-order valence-corrected chi connectivity index (χ4v) is 5.83. The van der Waals surface area contributed by atoms with Gasteiger partial charge in [0, 0.05) is 24.6 Å². The number of carboxylic acids is 1. The number of anilines is 1. The molecule has 0 saturated carbocycles. The fraction of sp³-hybridized carbons (Fsp3) is 0.250. The van der Waals surface area contributed by atoms with Crippen molar-refractivity contribution >= 4 is 29.2 Å². The lowest BCUT2D eigenvalue weighted by atomic mass is 9.76. The molecule has 2 amide bonds. The maximum absolute atomic E-state index is 14.0. The predicted octanol–water partition coefficient (Wildman–Crippen LogP) is 3.14. The molecule has 3 aromatic carbocycles. The van der Waals surface area contributed by atoms with Gasteiger partial charge in [0.2, 0.25) is 11.8 Å². The standard InChI is InChI=1S/C28H25N3O8/c1-14-10-17(11-15(2)24(14)33)23-21-22(28(29-23,27(36)37)13-16-6-8-20(32)9-7-16)26(35)30(25(21)34)18-4-3-5-19(12-18)31(38)39/h3-12,21-23,29,32-33H,13H2,1-2H3,(H,36,37). The molecule has 11 heteroatoms. The maximum Gasteiger partial charge on any atom is 0.325 e. The van der Waals surface area contributed by atoms with Crippen LogP contribution in [0.5, 0.6) is 11.5 Å². The summed E-state index contributed by atoms with van der Waals surface area (Å²) in [6.45, 7) is 3.35. The number of benzene rings is 3. The summed E-state index contributed by atoms with van der Waals surface area (Å²) in [6.07, 6.45) is -0.182. The van der Waals surface area contributed by atoms with E-state index in [1.54, 1.807) is 38.1 Å². The van der Waals surface area contributed by atoms with Crippen LogP contribution in [0.4, 0.5) is 11.4 Å². The van der Waals surface area contributed by atoms with Gasteiger partial charge in [-0.1, -0.05) is 30.3 Å². The van der Waals surface area contributed by atoms with Gasteiger partial charge >= 0.3 is 5.97 Å². The minimum absolute atomic E-state index is 0.0164. The van der Waals surface area contributed by atoms with Gasteiger partial charge in [0.25, 0.3) is 5.69 Å². The van der Waals surface area contributed by atoms with Crippen LogP contribution >= 0.6 is 0 Å². The third-order valence-corrected chi connectivity index (χ3v) is 7.63. The first kappa shape index (κ1) is 25.9. The first-order valence-electron chi connectivity index (χ1n) is 12.2. The number of hydrogen-bond acceptors (Lipinski definition) is 8. The Morgan fingerprint density at radius 3 is 2.26 bits per heavy atom. The average Bonchev–Trinajstić information content (AvgIpc) is 3.37. The SMILES string of the molecule is Cc1cc(C2NC(Cc3ccc(O)cc3)(C(=O)O)C3C(=O)N(c4cccc([N+](=O)[O-])c4)C(=O)C23)cc(C)c1O. The van der Waals surface area contributed by atoms with Crippen LogP contribution in [0, 0.1) is 35.8 Å². The van der Waals surface area contributed by atoms with Crippen molar-refractivity contribution in [2.45, 2.75) is 31.8 Å². The average molecular weight is 532 g/mol. The fourth-order valence-electron chi connectivity index (χ4n) is 5.83. The van der Waals surface area contributed by atoms with E-state index in [1.165, 1.54) is 30.3 Å². The quantitative estimate of drug-likeness (QED) is 0.212. The number of hydrogen-bond donors (Lipinski definition) is 4. The van der Waals surface area contributed by atoms with Crippen molar-refractivity contribution in [2.75, 3.05) is 4.90 Å². The second kappa shape index (κ2) is 9.21. The molecule has 2 fully saturated rings. The Kier molecular flexibility index (Phi) is 6.11. The molecule has 2 aliphatic heterocycles. The number of carboxylic acid groups (broad SMARTS) is 1. The van der Waals surface area contributed by atoms with Crippen LogP contribution in [0.3, 0.4) is 0 Å². The Bertz CT molecular complexity index is 1510. The van der Waals surface area contributed by atoms with Crippen LogP contribution in [-0.4, -0.2) is 43.6 Å². The molecule has 0 spiro atoms. The van der Waals surface area contributed by atoms with Crippen molar-refractivity contribution in [3.63, 3.8) is 0 Å². The van der Waals surface area contributed by atoms with Crippen LogP contribution in [0.25, 0.3) is 0 Å². The number of aryl methyl sites for hydroxylation is 2. The normalized spacial score (nSPS) is 24.2. The van der Waals surface area contributed by atoms with Crippen molar-refractivity contribution in [1.29, 1.82) is 0 Å². The van der Waals surface area contributed by atoms with Gasteiger partial charge in [-0.2, -0.15) is 0 Å². The van der Waals surface area contributed by atoms with E-state index in [-0.39, 0.29) is 29.3 Å². The van der Waals surface area contributed by atoms with Crippen LogP contribution < -0.4 is 10.2 Å². The van der Waals surface area contributed by atoms with Crippen molar-refractivity contribution in [2.24, 2.45) is 11.8 Å². The minimum Gasteiger partial charge on any atom is -0.508 e. The molecular formula is C28H25N3O8. The Hall–Kier alpha value is -4.77. The number of nitrogens with zero attached hydrogens (tertiary/aromatic N) is 2. The van der Waals surface area contributed by atoms with E-state index in [0.29, 0.717) is 22.3 Å². The van der Waals surface area contributed by atoms with E-state index in [4.69, 9.17) is 0 Å². The van der Waals surface area contributed by atoms with Gasteiger partial charge in [-0.05, 0) is 54.3 Å². The Morgan fingerprint density at radius 2 is 1.67 bits per heavy atom. The molecule has 2 aliphatic rings. The van der Waals surface area contributed by atoms with Gasteiger partial charge in [-0.15, -0.1) is 0 Å². The van der Waals surface area contributed by atoms with Gasteiger partial charge in [-0.3, -0.25) is 29.8 Å². The smallest absolute Gasteiger partial charge is 0.325 e. The monoisotopic (exact) mass is 531 g/mol. The number of amides is 2. The summed E-state index contributed by atoms with van der Waals surface area (Å²) < 4.78 is 0. The molecule has 0 radical (unpaired) electrons. The number of nitro benzene ring substituents is 1. The molecule has 200 valence electrons. The molecular weight excluding hydrogens is 506 g/mol. The van der Waals surface area contributed by atoms with Crippen molar-refractivity contribution in [3.8, 4) is 11.5 Å². The highest BCUT2D eigenvalue weighted by Crippen LogP contribution is 2.51. The molecule has 3 aromatic rings. The molecule has 0 aliphatic carbocycles. The highest BCUT2D eigenvalue weighted by molar-refractivity contribution is 6.24. The second-order valence-electron chi connectivity index (χ2n) is 10.0. The number of phenolic OH excluding ortho intramolecular Hbond substituents is 2. The van der Waals surface area contributed by atoms with E-state index < -0.39 is 46.1 Å². The number of non-ortho nitro benzene ring substituents is 1. The summed E-state index contributed by atoms with van der Waals surface area (Å²) in [6, 6.07) is 13.3. The van der Waals surface area contributed by atoms with Crippen molar-refractivity contribution in [3.05, 3.63) is 93.0 Å². The van der Waals surface area contributed by atoms with Gasteiger partial charge in [0.1, 0.15) is 17.0 Å². The largest absolute Gasteiger partial charge is 0.508 e. The second-order valence-corrected chi connectivity index (χ2v) is 10.0. The zero-order valence-corrected chi connectivity index (χ0v) is 21.0. The third kappa shape index (κ3) is 4.07. The van der Waals surface area contributed by atoms with Gasteiger partial charge in [0.15, 0.2) is 0 Å². The first-order chi connectivity index (χ1) is 18.4. The van der Waals surface area contributed by atoms with Crippen molar-refractivity contribution in [1.82, 2.24) is 5.32 Å². The van der Waals surface area contributed by atoms with E-state index in [0.717, 1.165) is 11.0 Å². The molecule has 39 heavy (non-hydrogen) atoms. The molecule has 4 atom stereocenters. The highest BCUT2D eigenvalue weighted by Gasteiger charge is 2.68. The number of nitrogens with one attached hydrogen (secondary N) is 1. The number of carbonyl (C=O) groups excluding carboxylic acids is 2. The maximum atomic E-state index is 14.0. The number of phenols is 2. The molecule has 4 unspecified atom stereocenters. The van der Waals surface area contributed by atoms with Gasteiger partial charge in [0.05, 0.1) is 22.4 Å². The molecule has 11 nitrogen and oxygen atoms in total. The number of rotatable bonds is 6. The summed E-state index contributed by atoms with van der Waals surface area (Å²) in [5.41, 5.74) is -0.201. The molecule has 5 rings (SSSR count). The zero-order valence-electron chi connectivity index (χ0n) is 21.0. The molecule has 0 bridgehead atoms. The first-order valence-corrected chi connectivity index (χ1v) is 12.2. The summed E-state index contributed by atoms with van der Waals surface area (Å²) >= 11 is 0. The van der Waals surface area contributed by atoms with Crippen LogP contribution in [0.2, 0.25) is 0 Å². The van der Waals surface area contributed by atoms with E-state index in [2.05, 4.69) is 5.32 Å². The third-order valence-electron chi connectivity index (χ3n) is 7.63. The van der Waals surface area contributed by atoms with E-state index in [1.807, 2.05) is 0 Å². The lowest BCUT2D eigenvalue weighted by Crippen LogP contribution is -2.57. The van der Waals surface area contributed by atoms with Gasteiger partial charge < -0.3 is 15.3 Å². The minimum atomic E-state index is -1.92. The van der Waals surface area contributed by atoms with E-state index in [9.17, 15) is 39.8 Å². The number of aliphatic carboxylic acids is 1. The number of carbonyl (C=O) groups is 3. The lowest BCUT2D eigenvalue weighted by Gasteiger charge is -2.31. The van der Waals surface area contributed by atoms with Crippen LogP contribution in [-0.2, 0) is 20.8 Å². The van der Waals surface area contributed by atoms with Crippen LogP contribution in [0.1, 0.15) is 28.3 Å². The topological polar surface area (TPSA) is 170 Å². The lowest BCUT2D eigenvalue weighted by molar-refractivity contribution is -0.384. The van der Waals surface area contributed by atoms with Gasteiger partial charge in [-0.25, -0.2) is 4.90 Å². The van der Waals surface area contributed by atoms with E-state index >= 15 is 0 Å². The molecule has 2 saturated heterocycles. The summed E-state index contributed by atoms with van der Waals surface area (Å²) in [5.74, 6) is -5.26. The number of aromatic hydroxyl groups is 2. The number of fused-ring (bicyclic) bond motifs is 1. The Balaban J connectivity index is 1.68. The molecule has 0 aromatic heterocycles. The summed E-state index contributed by atoms with van der Waals surface area (Å²) in [5, 5.41) is 45.1. The zero-order chi connectivity index (χ0) is 28.2. The molecule has 4 N–H and O–H groups in total. The van der Waals surface area contributed by atoms with Crippen molar-refractivity contribution < 1.29 is 34.6 Å². The highest BCUT2D eigenvalue weighted by atomic mass is 16.6. The Labute approximate surface area is 222 Å². The predicted molar refractivity (Wildman–Crippen MR) is 138 cm³/mol. The summed E-state index contributed by atoms with van der Waals surface area (Å²) in [7, 11) is 0. The number of imide groups is 1.